The van der Waals surface area contributed by atoms with Crippen molar-refractivity contribution in [3.05, 3.63) is 95.1 Å². The van der Waals surface area contributed by atoms with E-state index in [9.17, 15) is 18.1 Å². The molecule has 8 heteroatoms. The molecule has 0 saturated heterocycles. The molecule has 0 unspecified atom stereocenters. The fraction of sp³-hybridized carbons (Fsp3) is 0.500. The summed E-state index contributed by atoms with van der Waals surface area (Å²) < 4.78 is 34.9. The topological polar surface area (TPSA) is 107 Å². The van der Waals surface area contributed by atoms with Gasteiger partial charge in [-0.3, -0.25) is 0 Å². The summed E-state index contributed by atoms with van der Waals surface area (Å²) in [6, 6.07) is 23.5. The van der Waals surface area contributed by atoms with Crippen molar-refractivity contribution in [2.24, 2.45) is 0 Å². The van der Waals surface area contributed by atoms with Crippen LogP contribution in [-0.4, -0.2) is 54.6 Å². The Morgan fingerprint density at radius 3 is 2.08 bits per heavy atom. The number of fused-ring (bicyclic) bond motifs is 1. The van der Waals surface area contributed by atoms with E-state index in [2.05, 4.69) is 105 Å². The number of hydrogen-bond donors (Lipinski definition) is 1. The Hall–Kier alpha value is -3.77. The Morgan fingerprint density at radius 2 is 1.50 bits per heavy atom. The maximum absolute atomic E-state index is 10.8. The second-order valence-corrected chi connectivity index (χ2v) is 15.7. The van der Waals surface area contributed by atoms with Crippen LogP contribution in [0.25, 0.3) is 6.08 Å². The molecule has 0 fully saturated rings. The number of aliphatic hydroxyl groups is 1. The number of nitrogens with zero attached hydrogens (tertiary/aromatic N) is 3. The standard InChI is InChI=1S/C26H32N3O.C18H30O3S/c1-5-29-24-10-7-6-9-23(24)26(3,4)25(29)14-12-21-11-13-22(19-20(21)2)28(17-18-30)16-8-15-27;1-2-3-4-5-6-7-8-9-10-11-12-17-13-15-18(16-14-17)22(19,20)21/h6-7,9-14,19,30H,5,8,16-18H2,1-4H3;13-16H,2-12H2,1H3,(H,19,20,21)/q+1;/p-1. The van der Waals surface area contributed by atoms with Gasteiger partial charge in [0.2, 0.25) is 5.69 Å². The third-order valence-electron chi connectivity index (χ3n) is 10.0. The molecule has 4 rings (SSSR count). The Labute approximate surface area is 314 Å². The molecule has 1 heterocycles. The second kappa shape index (κ2) is 21.7. The van der Waals surface area contributed by atoms with Crippen LogP contribution < -0.4 is 4.90 Å². The lowest BCUT2D eigenvalue weighted by atomic mass is 9.81. The van der Waals surface area contributed by atoms with Gasteiger partial charge in [-0.05, 0) is 87.6 Å². The van der Waals surface area contributed by atoms with Crippen molar-refractivity contribution in [1.82, 2.24) is 0 Å². The van der Waals surface area contributed by atoms with Crippen molar-refractivity contribution < 1.29 is 22.7 Å². The van der Waals surface area contributed by atoms with Gasteiger partial charge in [0.1, 0.15) is 16.7 Å². The van der Waals surface area contributed by atoms with Crippen LogP contribution in [0.4, 0.5) is 11.4 Å². The van der Waals surface area contributed by atoms with E-state index >= 15 is 0 Å². The van der Waals surface area contributed by atoms with Crippen LogP contribution in [0.3, 0.4) is 0 Å². The number of unbranched alkanes of at least 4 members (excludes halogenated alkanes) is 9. The van der Waals surface area contributed by atoms with Crippen LogP contribution in [-0.2, 0) is 22.0 Å². The first-order chi connectivity index (χ1) is 25.0. The zero-order valence-electron chi connectivity index (χ0n) is 32.2. The van der Waals surface area contributed by atoms with Crippen LogP contribution >= 0.6 is 0 Å². The highest BCUT2D eigenvalue weighted by Gasteiger charge is 2.43. The van der Waals surface area contributed by atoms with Gasteiger partial charge in [0, 0.05) is 36.5 Å². The van der Waals surface area contributed by atoms with Gasteiger partial charge in [0.15, 0.2) is 5.71 Å². The summed E-state index contributed by atoms with van der Waals surface area (Å²) in [7, 11) is -4.31. The van der Waals surface area contributed by atoms with Gasteiger partial charge in [-0.1, -0.05) is 101 Å². The van der Waals surface area contributed by atoms with Crippen molar-refractivity contribution in [2.75, 3.05) is 31.1 Å². The van der Waals surface area contributed by atoms with Crippen molar-refractivity contribution in [2.45, 2.75) is 122 Å². The van der Waals surface area contributed by atoms with Gasteiger partial charge in [0.25, 0.3) is 0 Å². The number of rotatable bonds is 20. The monoisotopic (exact) mass is 727 g/mol. The van der Waals surface area contributed by atoms with Crippen molar-refractivity contribution in [1.29, 1.82) is 5.26 Å². The molecule has 7 nitrogen and oxygen atoms in total. The van der Waals surface area contributed by atoms with Gasteiger partial charge in [-0.15, -0.1) is 0 Å². The van der Waals surface area contributed by atoms with Gasteiger partial charge in [-0.25, -0.2) is 8.42 Å². The molecule has 0 radical (unpaired) electrons. The fourth-order valence-corrected chi connectivity index (χ4v) is 7.48. The summed E-state index contributed by atoms with van der Waals surface area (Å²) in [5, 5.41) is 18.3. The summed E-state index contributed by atoms with van der Waals surface area (Å²) in [4.78, 5) is 1.92. The average Bonchev–Trinajstić information content (AvgIpc) is 3.35. The number of hydrogen-bond acceptors (Lipinski definition) is 6. The maximum atomic E-state index is 10.8. The molecule has 52 heavy (non-hydrogen) atoms. The number of para-hydroxylation sites is 1. The van der Waals surface area contributed by atoms with E-state index in [0.717, 1.165) is 30.6 Å². The molecule has 0 saturated carbocycles. The van der Waals surface area contributed by atoms with E-state index in [-0.39, 0.29) is 16.9 Å². The highest BCUT2D eigenvalue weighted by molar-refractivity contribution is 7.85. The van der Waals surface area contributed by atoms with Crippen LogP contribution in [0.15, 0.2) is 77.7 Å². The number of nitriles is 1. The van der Waals surface area contributed by atoms with Crippen LogP contribution in [0.1, 0.15) is 121 Å². The minimum absolute atomic E-state index is 0.0355. The van der Waals surface area contributed by atoms with E-state index in [0.29, 0.717) is 19.5 Å². The molecular weight excluding hydrogens is 667 g/mol. The lowest BCUT2D eigenvalue weighted by molar-refractivity contribution is -0.433. The molecular formula is C44H61N3O4S. The number of aryl methyl sites for hydroxylation is 2. The SMILES string of the molecule is CCCCCCCCCCCCc1ccc(S(=O)(=O)[O-])cc1.CC[N+]1=C(/C=C/c2ccc(N(CCO)CCC#N)cc2C)C(C)(C)c2ccccc21. The first-order valence-corrected chi connectivity index (χ1v) is 20.7. The van der Waals surface area contributed by atoms with Crippen LogP contribution in [0.5, 0.6) is 0 Å². The second-order valence-electron chi connectivity index (χ2n) is 14.3. The van der Waals surface area contributed by atoms with E-state index in [1.807, 2.05) is 0 Å². The number of aliphatic hydroxyl groups excluding tert-OH is 1. The Balaban J connectivity index is 0.000000295. The lowest BCUT2D eigenvalue weighted by Crippen LogP contribution is -2.27. The Morgan fingerprint density at radius 1 is 0.865 bits per heavy atom. The zero-order chi connectivity index (χ0) is 38.0. The molecule has 0 bridgehead atoms. The molecule has 0 atom stereocenters. The van der Waals surface area contributed by atoms with Crippen LogP contribution in [0, 0.1) is 18.3 Å². The smallest absolute Gasteiger partial charge is 0.209 e. The van der Waals surface area contributed by atoms with E-state index < -0.39 is 10.1 Å². The maximum Gasteiger partial charge on any atom is 0.209 e. The fourth-order valence-electron chi connectivity index (χ4n) is 7.01. The molecule has 3 aromatic carbocycles. The first kappa shape index (κ1) is 42.6. The third-order valence-corrected chi connectivity index (χ3v) is 10.9. The number of benzene rings is 3. The third kappa shape index (κ3) is 12.7. The average molecular weight is 728 g/mol. The normalized spacial score (nSPS) is 13.5. The molecule has 0 spiro atoms. The minimum atomic E-state index is -4.31. The largest absolute Gasteiger partial charge is 0.744 e. The molecule has 0 amide bonds. The molecule has 0 aliphatic carbocycles. The zero-order valence-corrected chi connectivity index (χ0v) is 33.1. The first-order valence-electron chi connectivity index (χ1n) is 19.3. The van der Waals surface area contributed by atoms with Gasteiger partial charge >= 0.3 is 0 Å². The molecule has 1 N–H and O–H groups in total. The molecule has 0 aromatic heterocycles. The molecule has 3 aromatic rings. The van der Waals surface area contributed by atoms with Gasteiger partial charge < -0.3 is 14.6 Å². The highest BCUT2D eigenvalue weighted by atomic mass is 32.2. The van der Waals surface area contributed by atoms with Gasteiger partial charge in [-0.2, -0.15) is 9.84 Å². The number of anilines is 1. The lowest BCUT2D eigenvalue weighted by Gasteiger charge is -2.23. The quantitative estimate of drug-likeness (QED) is 0.0706. The van der Waals surface area contributed by atoms with E-state index in [1.54, 1.807) is 12.1 Å². The summed E-state index contributed by atoms with van der Waals surface area (Å²) in [5.74, 6) is 0. The number of allylic oxidation sites excluding steroid dienone is 1. The van der Waals surface area contributed by atoms with Gasteiger partial charge in [0.05, 0.1) is 29.4 Å². The predicted octanol–water partition coefficient (Wildman–Crippen LogP) is 9.87. The van der Waals surface area contributed by atoms with Crippen molar-refractivity contribution >= 4 is 33.3 Å². The summed E-state index contributed by atoms with van der Waals surface area (Å²) in [5.41, 5.74) is 8.46. The van der Waals surface area contributed by atoms with Crippen LogP contribution in [0.2, 0.25) is 0 Å². The minimum Gasteiger partial charge on any atom is -0.744 e. The molecule has 1 aliphatic heterocycles. The van der Waals surface area contributed by atoms with Crippen molar-refractivity contribution in [3.63, 3.8) is 0 Å². The van der Waals surface area contributed by atoms with Crippen molar-refractivity contribution in [3.8, 4) is 6.07 Å². The molecule has 282 valence electrons. The Kier molecular flexibility index (Phi) is 17.8. The highest BCUT2D eigenvalue weighted by Crippen LogP contribution is 2.40. The Bertz CT molecular complexity index is 1750. The van der Waals surface area contributed by atoms with E-state index in [1.165, 1.54) is 98.0 Å². The molecule has 1 aliphatic rings. The predicted molar refractivity (Wildman–Crippen MR) is 215 cm³/mol. The summed E-state index contributed by atoms with van der Waals surface area (Å²) >= 11 is 0. The summed E-state index contributed by atoms with van der Waals surface area (Å²) in [6.07, 6.45) is 18.9. The van der Waals surface area contributed by atoms with E-state index in [4.69, 9.17) is 5.26 Å². The summed E-state index contributed by atoms with van der Waals surface area (Å²) in [6.45, 7) is 13.3.